The van der Waals surface area contributed by atoms with E-state index in [4.69, 9.17) is 5.73 Å². The molecule has 0 aromatic heterocycles. The van der Waals surface area contributed by atoms with Gasteiger partial charge in [0, 0.05) is 6.04 Å². The molecular weight excluding hydrogens is 191 g/mol. The van der Waals surface area contributed by atoms with Crippen LogP contribution in [0.4, 0.5) is 4.39 Å². The predicted octanol–water partition coefficient (Wildman–Crippen LogP) is 2.17. The van der Waals surface area contributed by atoms with Crippen molar-refractivity contribution in [2.24, 2.45) is 5.73 Å². The Hall–Kier alpha value is -0.930. The molecule has 0 aliphatic heterocycles. The quantitative estimate of drug-likeness (QED) is 0.807. The number of benzene rings is 1. The Balaban J connectivity index is 2.50. The normalized spacial score (nSPS) is 13.1. The zero-order chi connectivity index (χ0) is 11.3. The summed E-state index contributed by atoms with van der Waals surface area (Å²) in [4.78, 5) is 2.19. The Morgan fingerprint density at radius 1 is 1.47 bits per heavy atom. The molecule has 84 valence electrons. The van der Waals surface area contributed by atoms with Crippen LogP contribution in [0.15, 0.2) is 24.3 Å². The molecule has 0 bridgehead atoms. The van der Waals surface area contributed by atoms with Gasteiger partial charge in [-0.25, -0.2) is 4.39 Å². The summed E-state index contributed by atoms with van der Waals surface area (Å²) < 4.78 is 12.9. The minimum absolute atomic E-state index is 0.0744. The molecule has 1 aromatic rings. The van der Waals surface area contributed by atoms with Gasteiger partial charge in [-0.05, 0) is 44.3 Å². The Morgan fingerprint density at radius 3 is 2.80 bits per heavy atom. The molecule has 15 heavy (non-hydrogen) atoms. The van der Waals surface area contributed by atoms with E-state index in [2.05, 4.69) is 18.9 Å². The number of rotatable bonds is 5. The van der Waals surface area contributed by atoms with Crippen molar-refractivity contribution in [3.05, 3.63) is 35.6 Å². The lowest BCUT2D eigenvalue weighted by atomic mass is 10.0. The van der Waals surface area contributed by atoms with Gasteiger partial charge in [-0.2, -0.15) is 0 Å². The van der Waals surface area contributed by atoms with Gasteiger partial charge < -0.3 is 10.6 Å². The average molecular weight is 210 g/mol. The van der Waals surface area contributed by atoms with E-state index in [0.29, 0.717) is 0 Å². The molecule has 0 fully saturated rings. The Labute approximate surface area is 90.9 Å². The first-order valence-corrected chi connectivity index (χ1v) is 5.33. The third-order valence-corrected chi connectivity index (χ3v) is 2.64. The molecule has 0 aliphatic carbocycles. The number of nitrogens with zero attached hydrogens (tertiary/aromatic N) is 1. The summed E-state index contributed by atoms with van der Waals surface area (Å²) in [6, 6.07) is 6.45. The van der Waals surface area contributed by atoms with Gasteiger partial charge in [0.2, 0.25) is 0 Å². The molecule has 3 heteroatoms. The fraction of sp³-hybridized carbons (Fsp3) is 0.500. The highest BCUT2D eigenvalue weighted by molar-refractivity contribution is 5.19. The summed E-state index contributed by atoms with van der Waals surface area (Å²) in [5.74, 6) is -0.216. The lowest BCUT2D eigenvalue weighted by Crippen LogP contribution is -2.23. The predicted molar refractivity (Wildman–Crippen MR) is 61.1 cm³/mol. The van der Waals surface area contributed by atoms with Gasteiger partial charge in [0.05, 0.1) is 0 Å². The molecule has 0 amide bonds. The van der Waals surface area contributed by atoms with Gasteiger partial charge in [-0.3, -0.25) is 0 Å². The van der Waals surface area contributed by atoms with E-state index >= 15 is 0 Å². The second kappa shape index (κ2) is 5.83. The molecule has 1 aromatic carbocycles. The molecule has 0 aliphatic rings. The second-order valence-electron chi connectivity index (χ2n) is 3.85. The van der Waals surface area contributed by atoms with Crippen molar-refractivity contribution in [3.8, 4) is 0 Å². The van der Waals surface area contributed by atoms with E-state index in [1.165, 1.54) is 12.1 Å². The topological polar surface area (TPSA) is 29.3 Å². The van der Waals surface area contributed by atoms with Gasteiger partial charge in [-0.15, -0.1) is 0 Å². The second-order valence-corrected chi connectivity index (χ2v) is 3.85. The summed E-state index contributed by atoms with van der Waals surface area (Å²) in [5.41, 5.74) is 6.85. The fourth-order valence-electron chi connectivity index (χ4n) is 1.42. The maximum atomic E-state index is 12.9. The minimum atomic E-state index is -0.216. The maximum Gasteiger partial charge on any atom is 0.123 e. The number of hydrogen-bond donors (Lipinski definition) is 1. The molecule has 1 rings (SSSR count). The lowest BCUT2D eigenvalue weighted by Gasteiger charge is -2.17. The zero-order valence-corrected chi connectivity index (χ0v) is 9.41. The van der Waals surface area contributed by atoms with Crippen molar-refractivity contribution in [1.29, 1.82) is 0 Å². The van der Waals surface area contributed by atoms with Gasteiger partial charge in [0.1, 0.15) is 5.82 Å². The van der Waals surface area contributed by atoms with Gasteiger partial charge in [0.25, 0.3) is 0 Å². The summed E-state index contributed by atoms with van der Waals surface area (Å²) in [5, 5.41) is 0. The summed E-state index contributed by atoms with van der Waals surface area (Å²) >= 11 is 0. The van der Waals surface area contributed by atoms with E-state index in [-0.39, 0.29) is 11.9 Å². The molecule has 0 saturated carbocycles. The highest BCUT2D eigenvalue weighted by Crippen LogP contribution is 2.15. The number of hydrogen-bond acceptors (Lipinski definition) is 2. The first-order valence-electron chi connectivity index (χ1n) is 5.33. The van der Waals surface area contributed by atoms with Gasteiger partial charge >= 0.3 is 0 Å². The Kier molecular flexibility index (Phi) is 4.72. The first kappa shape index (κ1) is 12.1. The Morgan fingerprint density at radius 2 is 2.20 bits per heavy atom. The summed E-state index contributed by atoms with van der Waals surface area (Å²) in [7, 11) is 2.05. The van der Waals surface area contributed by atoms with Crippen LogP contribution in [0.3, 0.4) is 0 Å². The van der Waals surface area contributed by atoms with Crippen LogP contribution >= 0.6 is 0 Å². The molecule has 0 saturated heterocycles. The van der Waals surface area contributed by atoms with Crippen LogP contribution < -0.4 is 5.73 Å². The van der Waals surface area contributed by atoms with Gasteiger partial charge in [-0.1, -0.05) is 19.1 Å². The molecule has 0 radical (unpaired) electrons. The molecule has 2 N–H and O–H groups in total. The van der Waals surface area contributed by atoms with Crippen molar-refractivity contribution in [3.63, 3.8) is 0 Å². The van der Waals surface area contributed by atoms with Crippen LogP contribution in [0, 0.1) is 5.82 Å². The monoisotopic (exact) mass is 210 g/mol. The molecular formula is C12H19FN2. The van der Waals surface area contributed by atoms with Crippen molar-refractivity contribution < 1.29 is 4.39 Å². The summed E-state index contributed by atoms with van der Waals surface area (Å²) in [6.45, 7) is 4.05. The fourth-order valence-corrected chi connectivity index (χ4v) is 1.42. The minimum Gasteiger partial charge on any atom is -0.324 e. The Bertz CT molecular complexity index is 301. The third kappa shape index (κ3) is 3.98. The van der Waals surface area contributed by atoms with E-state index in [0.717, 1.165) is 25.1 Å². The lowest BCUT2D eigenvalue weighted by molar-refractivity contribution is 0.335. The van der Waals surface area contributed by atoms with E-state index in [1.807, 2.05) is 6.07 Å². The number of nitrogens with two attached hydrogens (primary N) is 1. The molecule has 1 unspecified atom stereocenters. The van der Waals surface area contributed by atoms with Crippen LogP contribution in [-0.4, -0.2) is 25.0 Å². The van der Waals surface area contributed by atoms with Crippen LogP contribution in [0.5, 0.6) is 0 Å². The third-order valence-electron chi connectivity index (χ3n) is 2.64. The van der Waals surface area contributed by atoms with Crippen molar-refractivity contribution in [2.75, 3.05) is 20.1 Å². The molecule has 0 heterocycles. The maximum absolute atomic E-state index is 12.9. The van der Waals surface area contributed by atoms with Crippen LogP contribution in [0.25, 0.3) is 0 Å². The van der Waals surface area contributed by atoms with Crippen molar-refractivity contribution in [1.82, 2.24) is 4.90 Å². The van der Waals surface area contributed by atoms with E-state index in [9.17, 15) is 4.39 Å². The zero-order valence-electron chi connectivity index (χ0n) is 9.41. The summed E-state index contributed by atoms with van der Waals surface area (Å²) in [6.07, 6.45) is 0.855. The average Bonchev–Trinajstić information content (AvgIpc) is 2.25. The van der Waals surface area contributed by atoms with Crippen molar-refractivity contribution in [2.45, 2.75) is 19.4 Å². The highest BCUT2D eigenvalue weighted by Gasteiger charge is 2.07. The standard InChI is InChI=1S/C12H19FN2/c1-3-15(2)8-7-12(14)10-5-4-6-11(13)9-10/h4-6,9,12H,3,7-8,14H2,1-2H3. The van der Waals surface area contributed by atoms with Gasteiger partial charge in [0.15, 0.2) is 0 Å². The van der Waals surface area contributed by atoms with Crippen LogP contribution in [0.2, 0.25) is 0 Å². The van der Waals surface area contributed by atoms with Crippen LogP contribution in [0.1, 0.15) is 24.9 Å². The van der Waals surface area contributed by atoms with Crippen molar-refractivity contribution >= 4 is 0 Å². The first-order chi connectivity index (χ1) is 7.13. The smallest absolute Gasteiger partial charge is 0.123 e. The van der Waals surface area contributed by atoms with Crippen LogP contribution in [-0.2, 0) is 0 Å². The van der Waals surface area contributed by atoms with E-state index in [1.54, 1.807) is 6.07 Å². The molecule has 0 spiro atoms. The number of halogens is 1. The molecule has 2 nitrogen and oxygen atoms in total. The largest absolute Gasteiger partial charge is 0.324 e. The molecule has 1 atom stereocenters. The highest BCUT2D eigenvalue weighted by atomic mass is 19.1. The van der Waals surface area contributed by atoms with E-state index < -0.39 is 0 Å². The SMILES string of the molecule is CCN(C)CCC(N)c1cccc(F)c1.